The van der Waals surface area contributed by atoms with E-state index in [2.05, 4.69) is 45.2 Å². The summed E-state index contributed by atoms with van der Waals surface area (Å²) >= 11 is 0. The zero-order valence-corrected chi connectivity index (χ0v) is 18.9. The molecule has 0 amide bonds. The van der Waals surface area contributed by atoms with Crippen molar-refractivity contribution in [1.29, 1.82) is 0 Å². The summed E-state index contributed by atoms with van der Waals surface area (Å²) in [7, 11) is 0. The number of benzene rings is 1. The molecule has 0 saturated heterocycles. The molecule has 2 aliphatic rings. The van der Waals surface area contributed by atoms with Gasteiger partial charge in [0.1, 0.15) is 5.82 Å². The monoisotopic (exact) mass is 456 g/mol. The fraction of sp³-hybridized carbons (Fsp3) is 0.308. The van der Waals surface area contributed by atoms with Crippen LogP contribution in [0.3, 0.4) is 0 Å². The third kappa shape index (κ3) is 4.12. The third-order valence-corrected chi connectivity index (χ3v) is 6.79. The van der Waals surface area contributed by atoms with Gasteiger partial charge >= 0.3 is 0 Å². The van der Waals surface area contributed by atoms with E-state index in [9.17, 15) is 10.1 Å². The number of nitro benzene ring substituents is 1. The van der Waals surface area contributed by atoms with Crippen molar-refractivity contribution in [3.05, 3.63) is 106 Å². The summed E-state index contributed by atoms with van der Waals surface area (Å²) < 4.78 is 0. The summed E-state index contributed by atoms with van der Waals surface area (Å²) in [5, 5.41) is 11.5. The van der Waals surface area contributed by atoms with E-state index in [1.807, 2.05) is 24.5 Å². The molecule has 3 atom stereocenters. The summed E-state index contributed by atoms with van der Waals surface area (Å²) in [5.41, 5.74) is 10.1. The number of anilines is 1. The average molecular weight is 457 g/mol. The molecule has 0 bridgehead atoms. The van der Waals surface area contributed by atoms with Crippen LogP contribution in [0.4, 0.5) is 11.4 Å². The normalized spacial score (nSPS) is 20.0. The van der Waals surface area contributed by atoms with E-state index in [4.69, 9.17) is 10.7 Å². The van der Waals surface area contributed by atoms with Crippen LogP contribution in [0.25, 0.3) is 0 Å². The van der Waals surface area contributed by atoms with Crippen LogP contribution in [0.2, 0.25) is 0 Å². The van der Waals surface area contributed by atoms with Crippen LogP contribution in [-0.2, 0) is 13.0 Å². The second kappa shape index (κ2) is 9.61. The zero-order chi connectivity index (χ0) is 23.5. The van der Waals surface area contributed by atoms with Gasteiger partial charge in [-0.3, -0.25) is 15.1 Å². The van der Waals surface area contributed by atoms with E-state index in [0.29, 0.717) is 0 Å². The van der Waals surface area contributed by atoms with Crippen LogP contribution in [0.5, 0.6) is 0 Å². The van der Waals surface area contributed by atoms with Gasteiger partial charge in [0.15, 0.2) is 0 Å². The van der Waals surface area contributed by atoms with Crippen molar-refractivity contribution < 1.29 is 4.92 Å². The highest BCUT2D eigenvalue weighted by molar-refractivity contribution is 5.61. The lowest BCUT2D eigenvalue weighted by Gasteiger charge is -2.44. The Balaban J connectivity index is 1.72. The molecule has 5 rings (SSSR count). The van der Waals surface area contributed by atoms with Crippen molar-refractivity contribution in [1.82, 2.24) is 15.0 Å². The van der Waals surface area contributed by atoms with Crippen molar-refractivity contribution in [2.45, 2.75) is 44.3 Å². The molecule has 3 N–H and O–H groups in total. The van der Waals surface area contributed by atoms with Crippen LogP contribution in [0.15, 0.2) is 73.2 Å². The first kappa shape index (κ1) is 22.0. The molecule has 1 aromatic carbocycles. The number of rotatable bonds is 7. The van der Waals surface area contributed by atoms with E-state index in [1.165, 1.54) is 5.56 Å². The number of allylic oxidation sites excluding steroid dienone is 3. The van der Waals surface area contributed by atoms with E-state index in [0.717, 1.165) is 48.5 Å². The largest absolute Gasteiger partial charge is 0.352 e. The predicted molar refractivity (Wildman–Crippen MR) is 131 cm³/mol. The van der Waals surface area contributed by atoms with Crippen LogP contribution in [0, 0.1) is 16.0 Å². The maximum Gasteiger partial charge on any atom is 0.269 e. The van der Waals surface area contributed by atoms with Gasteiger partial charge in [0.2, 0.25) is 0 Å². The average Bonchev–Trinajstić information content (AvgIpc) is 3.41. The van der Waals surface area contributed by atoms with Gasteiger partial charge in [0.25, 0.3) is 5.69 Å². The Bertz CT molecular complexity index is 1220. The predicted octanol–water partition coefficient (Wildman–Crippen LogP) is 4.93. The number of nitrogens with zero attached hydrogens (tertiary/aromatic N) is 4. The van der Waals surface area contributed by atoms with E-state index in [-0.39, 0.29) is 35.2 Å². The molecule has 34 heavy (non-hydrogen) atoms. The van der Waals surface area contributed by atoms with Gasteiger partial charge in [-0.1, -0.05) is 30.4 Å². The maximum absolute atomic E-state index is 11.5. The van der Waals surface area contributed by atoms with Crippen molar-refractivity contribution in [3.8, 4) is 0 Å². The van der Waals surface area contributed by atoms with Crippen molar-refractivity contribution >= 4 is 11.4 Å². The molecule has 2 aliphatic carbocycles. The van der Waals surface area contributed by atoms with Crippen LogP contribution in [0.1, 0.15) is 54.0 Å². The number of imidazole rings is 1. The first-order chi connectivity index (χ1) is 16.7. The third-order valence-electron chi connectivity index (χ3n) is 6.79. The topological polar surface area (TPSA) is 114 Å². The number of pyridine rings is 1. The number of hydrogen-bond donors (Lipinski definition) is 2. The quantitative estimate of drug-likeness (QED) is 0.385. The summed E-state index contributed by atoms with van der Waals surface area (Å²) in [6.45, 7) is 0.195. The fourth-order valence-electron chi connectivity index (χ4n) is 5.28. The minimum absolute atomic E-state index is 0.00823. The minimum Gasteiger partial charge on any atom is -0.352 e. The number of nitrogens with one attached hydrogen (secondary N) is 1. The van der Waals surface area contributed by atoms with E-state index >= 15 is 0 Å². The molecule has 0 radical (unpaired) electrons. The Labute approximate surface area is 198 Å². The second-order valence-electron chi connectivity index (χ2n) is 8.77. The molecular weight excluding hydrogens is 428 g/mol. The number of aryl methyl sites for hydroxylation is 1. The summed E-state index contributed by atoms with van der Waals surface area (Å²) in [5.74, 6) is 1.01. The molecule has 3 unspecified atom stereocenters. The zero-order valence-electron chi connectivity index (χ0n) is 18.9. The van der Waals surface area contributed by atoms with Gasteiger partial charge in [-0.2, -0.15) is 0 Å². The lowest BCUT2D eigenvalue weighted by atomic mass is 9.85. The van der Waals surface area contributed by atoms with Crippen molar-refractivity contribution in [3.63, 3.8) is 0 Å². The van der Waals surface area contributed by atoms with Gasteiger partial charge in [-0.25, -0.2) is 4.98 Å². The van der Waals surface area contributed by atoms with Gasteiger partial charge in [0, 0.05) is 48.9 Å². The molecule has 2 heterocycles. The number of aromatic nitrogens is 3. The number of aromatic amines is 1. The van der Waals surface area contributed by atoms with Crippen molar-refractivity contribution in [2.75, 3.05) is 4.90 Å². The number of fused-ring (bicyclic) bond motifs is 1. The van der Waals surface area contributed by atoms with Gasteiger partial charge < -0.3 is 15.6 Å². The molecule has 8 nitrogen and oxygen atoms in total. The summed E-state index contributed by atoms with van der Waals surface area (Å²) in [4.78, 5) is 26.3. The summed E-state index contributed by atoms with van der Waals surface area (Å²) in [6.07, 6.45) is 17.8. The molecule has 0 saturated carbocycles. The standard InChI is InChI=1S/C26H28N6O2/c27-17-20-16-21(32(33)34)11-12-22(20)31(23-10-4-8-18-9-5-13-28-24(18)23)25(26-29-14-15-30-26)19-6-2-1-3-7-19/h1-3,5-6,9,11-16,19,23,25H,4,7-8,10,17,27H2,(H,29,30). The Morgan fingerprint density at radius 3 is 2.88 bits per heavy atom. The first-order valence-electron chi connectivity index (χ1n) is 11.7. The molecular formula is C26H28N6O2. The number of non-ortho nitro benzene ring substituents is 1. The molecule has 0 fully saturated rings. The lowest BCUT2D eigenvalue weighted by molar-refractivity contribution is -0.384. The van der Waals surface area contributed by atoms with Crippen molar-refractivity contribution in [2.24, 2.45) is 11.7 Å². The number of nitro groups is 1. The van der Waals surface area contributed by atoms with Gasteiger partial charge in [0.05, 0.1) is 22.7 Å². The van der Waals surface area contributed by atoms with E-state index in [1.54, 1.807) is 18.3 Å². The highest BCUT2D eigenvalue weighted by atomic mass is 16.6. The Hall–Kier alpha value is -3.78. The molecule has 3 aromatic rings. The SMILES string of the molecule is NCc1cc([N+](=O)[O-])ccc1N(C1CCCc2cccnc21)C(c1ncc[nH]1)C1C=CC=CC1. The smallest absolute Gasteiger partial charge is 0.269 e. The highest BCUT2D eigenvalue weighted by Gasteiger charge is 2.38. The fourth-order valence-corrected chi connectivity index (χ4v) is 5.28. The molecule has 174 valence electrons. The van der Waals surface area contributed by atoms with Gasteiger partial charge in [-0.15, -0.1) is 0 Å². The molecule has 0 spiro atoms. The van der Waals surface area contributed by atoms with E-state index < -0.39 is 0 Å². The molecule has 2 aromatic heterocycles. The number of nitrogens with two attached hydrogens (primary N) is 1. The highest BCUT2D eigenvalue weighted by Crippen LogP contribution is 2.46. The van der Waals surface area contributed by atoms with Crippen LogP contribution < -0.4 is 10.6 Å². The Morgan fingerprint density at radius 1 is 1.24 bits per heavy atom. The van der Waals surface area contributed by atoms with Crippen LogP contribution in [-0.4, -0.2) is 19.9 Å². The van der Waals surface area contributed by atoms with Crippen LogP contribution >= 0.6 is 0 Å². The first-order valence-corrected chi connectivity index (χ1v) is 11.7. The molecule has 0 aliphatic heterocycles. The van der Waals surface area contributed by atoms with Gasteiger partial charge in [-0.05, 0) is 48.9 Å². The minimum atomic E-state index is -0.372. The molecule has 8 heteroatoms. The Morgan fingerprint density at radius 2 is 2.15 bits per heavy atom. The number of hydrogen-bond acceptors (Lipinski definition) is 6. The Kier molecular flexibility index (Phi) is 6.22. The number of H-pyrrole nitrogens is 1. The maximum atomic E-state index is 11.5. The summed E-state index contributed by atoms with van der Waals surface area (Å²) in [6, 6.07) is 9.01. The lowest BCUT2D eigenvalue weighted by Crippen LogP contribution is -2.40. The second-order valence-corrected chi connectivity index (χ2v) is 8.77.